The van der Waals surface area contributed by atoms with Gasteiger partial charge in [-0.3, -0.25) is 0 Å². The molecule has 0 bridgehead atoms. The van der Waals surface area contributed by atoms with Crippen LogP contribution in [0.4, 0.5) is 0 Å². The molecule has 0 saturated heterocycles. The molecular formula is C18H18O6. The lowest BCUT2D eigenvalue weighted by Crippen LogP contribution is -2.19. The first-order valence-corrected chi connectivity index (χ1v) is 7.16. The number of benzene rings is 2. The highest BCUT2D eigenvalue weighted by Gasteiger charge is 2.21. The monoisotopic (exact) mass is 330 g/mol. The third-order valence-corrected chi connectivity index (χ3v) is 3.45. The molecule has 24 heavy (non-hydrogen) atoms. The van der Waals surface area contributed by atoms with E-state index in [-0.39, 0.29) is 29.4 Å². The fourth-order valence-electron chi connectivity index (χ4n) is 2.20. The number of aliphatic hydroxyl groups is 1. The van der Waals surface area contributed by atoms with Gasteiger partial charge in [0, 0.05) is 19.1 Å². The number of ether oxygens (including phenoxy) is 1. The van der Waals surface area contributed by atoms with Gasteiger partial charge in [-0.1, -0.05) is 17.9 Å². The van der Waals surface area contributed by atoms with Crippen LogP contribution in [0.15, 0.2) is 36.4 Å². The van der Waals surface area contributed by atoms with Crippen LogP contribution in [0.2, 0.25) is 0 Å². The first kappa shape index (κ1) is 17.5. The molecule has 0 aliphatic heterocycles. The van der Waals surface area contributed by atoms with Gasteiger partial charge in [-0.05, 0) is 35.9 Å². The predicted molar refractivity (Wildman–Crippen MR) is 86.8 cm³/mol. The Morgan fingerprint density at radius 2 is 1.54 bits per heavy atom. The van der Waals surface area contributed by atoms with Gasteiger partial charge in [-0.15, -0.1) is 0 Å². The zero-order chi connectivity index (χ0) is 17.7. The lowest BCUT2D eigenvalue weighted by molar-refractivity contribution is -0.0106. The van der Waals surface area contributed by atoms with E-state index in [2.05, 4.69) is 11.8 Å². The van der Waals surface area contributed by atoms with Crippen molar-refractivity contribution >= 4 is 0 Å². The van der Waals surface area contributed by atoms with E-state index in [0.29, 0.717) is 11.1 Å². The maximum Gasteiger partial charge on any atom is 0.158 e. The third-order valence-electron chi connectivity index (χ3n) is 3.45. The molecule has 0 amide bonds. The fraction of sp³-hybridized carbons (Fsp3) is 0.222. The van der Waals surface area contributed by atoms with Gasteiger partial charge in [0.1, 0.15) is 6.10 Å². The number of phenolic OH excluding ortho intramolecular Hbond substituents is 4. The number of phenols is 4. The Balaban J connectivity index is 2.09. The smallest absolute Gasteiger partial charge is 0.158 e. The minimum atomic E-state index is -0.961. The number of methoxy groups -OCH3 is 1. The zero-order valence-electron chi connectivity index (χ0n) is 13.0. The van der Waals surface area contributed by atoms with Crippen LogP contribution < -0.4 is 0 Å². The molecule has 0 saturated carbocycles. The van der Waals surface area contributed by atoms with Gasteiger partial charge in [-0.25, -0.2) is 0 Å². The second-order valence-electron chi connectivity index (χ2n) is 5.18. The molecule has 0 heterocycles. The van der Waals surface area contributed by atoms with Gasteiger partial charge < -0.3 is 30.3 Å². The molecule has 2 rings (SSSR count). The molecule has 2 aromatic rings. The van der Waals surface area contributed by atoms with Gasteiger partial charge in [0.05, 0.1) is 6.10 Å². The summed E-state index contributed by atoms with van der Waals surface area (Å²) in [4.78, 5) is 0. The molecule has 126 valence electrons. The molecule has 0 aliphatic carbocycles. The van der Waals surface area contributed by atoms with Crippen LogP contribution in [-0.2, 0) is 4.74 Å². The van der Waals surface area contributed by atoms with Gasteiger partial charge in [-0.2, -0.15) is 0 Å². The summed E-state index contributed by atoms with van der Waals surface area (Å²) < 4.78 is 5.25. The van der Waals surface area contributed by atoms with Crippen LogP contribution >= 0.6 is 0 Å². The van der Waals surface area contributed by atoms with Gasteiger partial charge >= 0.3 is 0 Å². The first-order valence-electron chi connectivity index (χ1n) is 7.16. The second-order valence-corrected chi connectivity index (χ2v) is 5.18. The summed E-state index contributed by atoms with van der Waals surface area (Å²) >= 11 is 0. The number of rotatable bonds is 4. The van der Waals surface area contributed by atoms with Crippen LogP contribution in [0.5, 0.6) is 23.0 Å². The third kappa shape index (κ3) is 4.10. The normalized spacial score (nSPS) is 12.9. The molecule has 5 N–H and O–H groups in total. The Hall–Kier alpha value is -2.88. The topological polar surface area (TPSA) is 110 Å². The summed E-state index contributed by atoms with van der Waals surface area (Å²) in [6, 6.07) is 8.36. The van der Waals surface area contributed by atoms with E-state index in [1.165, 1.54) is 37.4 Å². The highest BCUT2D eigenvalue weighted by molar-refractivity contribution is 5.46. The zero-order valence-corrected chi connectivity index (χ0v) is 13.0. The first-order chi connectivity index (χ1) is 11.4. The van der Waals surface area contributed by atoms with Crippen molar-refractivity contribution in [2.45, 2.75) is 18.6 Å². The highest BCUT2D eigenvalue weighted by atomic mass is 16.5. The van der Waals surface area contributed by atoms with Crippen molar-refractivity contribution < 1.29 is 30.3 Å². The summed E-state index contributed by atoms with van der Waals surface area (Å²) in [5, 5.41) is 47.7. The van der Waals surface area contributed by atoms with Crippen LogP contribution in [-0.4, -0.2) is 38.7 Å². The van der Waals surface area contributed by atoms with E-state index < -0.39 is 12.2 Å². The number of aromatic hydroxyl groups is 4. The summed E-state index contributed by atoms with van der Waals surface area (Å²) in [5.74, 6) is 4.49. The van der Waals surface area contributed by atoms with Crippen molar-refractivity contribution in [3.8, 4) is 34.8 Å². The van der Waals surface area contributed by atoms with E-state index in [1.807, 2.05) is 0 Å². The van der Waals surface area contributed by atoms with Gasteiger partial charge in [0.25, 0.3) is 0 Å². The Bertz CT molecular complexity index is 775. The van der Waals surface area contributed by atoms with Crippen LogP contribution in [0.3, 0.4) is 0 Å². The number of hydrogen-bond acceptors (Lipinski definition) is 6. The summed E-state index contributed by atoms with van der Waals surface area (Å²) in [6.45, 7) is 0. The molecule has 6 nitrogen and oxygen atoms in total. The highest BCUT2D eigenvalue weighted by Crippen LogP contribution is 2.31. The van der Waals surface area contributed by atoms with Crippen LogP contribution in [0.1, 0.15) is 23.7 Å². The van der Waals surface area contributed by atoms with Crippen molar-refractivity contribution in [3.63, 3.8) is 0 Å². The van der Waals surface area contributed by atoms with Crippen molar-refractivity contribution in [3.05, 3.63) is 47.5 Å². The summed E-state index contributed by atoms with van der Waals surface area (Å²) in [5.41, 5.74) is 0.998. The Kier molecular flexibility index (Phi) is 5.53. The van der Waals surface area contributed by atoms with Crippen molar-refractivity contribution in [1.29, 1.82) is 0 Å². The average molecular weight is 330 g/mol. The second kappa shape index (κ2) is 7.59. The SMILES string of the molecule is COC(c1ccc(O)c(O)c1)C(O)CC#Cc1ccc(O)c(O)c1. The maximum absolute atomic E-state index is 10.2. The van der Waals surface area contributed by atoms with E-state index in [0.717, 1.165) is 0 Å². The Morgan fingerprint density at radius 3 is 2.12 bits per heavy atom. The van der Waals surface area contributed by atoms with E-state index >= 15 is 0 Å². The fourth-order valence-corrected chi connectivity index (χ4v) is 2.20. The van der Waals surface area contributed by atoms with Crippen LogP contribution in [0.25, 0.3) is 0 Å². The summed E-state index contributed by atoms with van der Waals surface area (Å²) in [6.07, 6.45) is -1.60. The van der Waals surface area contributed by atoms with Gasteiger partial charge in [0.15, 0.2) is 23.0 Å². The predicted octanol–water partition coefficient (Wildman–Crippen LogP) is 2.00. The molecule has 2 aromatic carbocycles. The molecule has 2 atom stereocenters. The van der Waals surface area contributed by atoms with Crippen molar-refractivity contribution in [2.75, 3.05) is 7.11 Å². The van der Waals surface area contributed by atoms with E-state index in [1.54, 1.807) is 6.07 Å². The quantitative estimate of drug-likeness (QED) is 0.433. The summed E-state index contributed by atoms with van der Waals surface area (Å²) in [7, 11) is 1.42. The lowest BCUT2D eigenvalue weighted by atomic mass is 10.0. The van der Waals surface area contributed by atoms with Crippen molar-refractivity contribution in [1.82, 2.24) is 0 Å². The minimum Gasteiger partial charge on any atom is -0.504 e. The lowest BCUT2D eigenvalue weighted by Gasteiger charge is -2.20. The Morgan fingerprint density at radius 1 is 0.917 bits per heavy atom. The molecule has 0 aromatic heterocycles. The van der Waals surface area contributed by atoms with E-state index in [9.17, 15) is 25.5 Å². The number of hydrogen-bond donors (Lipinski definition) is 5. The molecule has 0 aliphatic rings. The number of aliphatic hydroxyl groups excluding tert-OH is 1. The largest absolute Gasteiger partial charge is 0.504 e. The van der Waals surface area contributed by atoms with E-state index in [4.69, 9.17) is 4.74 Å². The molecule has 0 fully saturated rings. The maximum atomic E-state index is 10.2. The van der Waals surface area contributed by atoms with Crippen molar-refractivity contribution in [2.24, 2.45) is 0 Å². The molecular weight excluding hydrogens is 312 g/mol. The molecule has 2 unspecified atom stereocenters. The average Bonchev–Trinajstić information content (AvgIpc) is 2.55. The Labute approximate surface area is 139 Å². The molecule has 0 spiro atoms. The standard InChI is InChI=1S/C18H18O6/c1-24-18(12-6-8-14(20)17(23)10-12)15(21)4-2-3-11-5-7-13(19)16(22)9-11/h5-10,15,18-23H,4H2,1H3. The molecule has 0 radical (unpaired) electrons. The minimum absolute atomic E-state index is 0.0851. The molecule has 6 heteroatoms. The van der Waals surface area contributed by atoms with Crippen LogP contribution in [0, 0.1) is 11.8 Å². The van der Waals surface area contributed by atoms with Gasteiger partial charge in [0.2, 0.25) is 0 Å².